The van der Waals surface area contributed by atoms with Crippen molar-refractivity contribution >= 4 is 33.1 Å². The second kappa shape index (κ2) is 4.85. The van der Waals surface area contributed by atoms with Gasteiger partial charge in [-0.25, -0.2) is 0 Å². The van der Waals surface area contributed by atoms with Gasteiger partial charge in [0.1, 0.15) is 5.75 Å². The molecule has 2 aromatic rings. The van der Waals surface area contributed by atoms with Gasteiger partial charge in [-0.1, -0.05) is 20.8 Å². The SMILES string of the molecule is CC(C)(C)c1nsc(Oc2cc(N)ccc2Br)n1. The minimum absolute atomic E-state index is 0.0783. The number of halogens is 1. The molecule has 0 aliphatic carbocycles. The van der Waals surface area contributed by atoms with Crippen LogP contribution in [0.2, 0.25) is 0 Å². The summed E-state index contributed by atoms with van der Waals surface area (Å²) in [5.41, 5.74) is 6.29. The largest absolute Gasteiger partial charge is 0.429 e. The highest BCUT2D eigenvalue weighted by molar-refractivity contribution is 9.10. The number of nitrogen functional groups attached to an aromatic ring is 1. The van der Waals surface area contributed by atoms with E-state index in [2.05, 4.69) is 46.1 Å². The maximum absolute atomic E-state index is 5.72. The molecule has 1 aromatic carbocycles. The van der Waals surface area contributed by atoms with Crippen molar-refractivity contribution in [3.05, 3.63) is 28.5 Å². The number of nitrogens with two attached hydrogens (primary N) is 1. The van der Waals surface area contributed by atoms with Gasteiger partial charge in [0.2, 0.25) is 0 Å². The molecule has 0 atom stereocenters. The van der Waals surface area contributed by atoms with Crippen LogP contribution in [0.3, 0.4) is 0 Å². The Hall–Kier alpha value is -1.14. The van der Waals surface area contributed by atoms with Crippen LogP contribution in [0.5, 0.6) is 10.9 Å². The predicted octanol–water partition coefficient (Wildman–Crippen LogP) is 3.97. The van der Waals surface area contributed by atoms with E-state index < -0.39 is 0 Å². The molecular weight excluding hydrogens is 314 g/mol. The molecule has 0 aliphatic rings. The first-order valence-electron chi connectivity index (χ1n) is 5.43. The molecule has 0 bridgehead atoms. The third-order valence-corrected chi connectivity index (χ3v) is 3.48. The van der Waals surface area contributed by atoms with Gasteiger partial charge in [-0.15, -0.1) is 0 Å². The van der Waals surface area contributed by atoms with E-state index in [0.717, 1.165) is 10.3 Å². The lowest BCUT2D eigenvalue weighted by Gasteiger charge is -2.12. The highest BCUT2D eigenvalue weighted by Gasteiger charge is 2.20. The summed E-state index contributed by atoms with van der Waals surface area (Å²) in [5, 5.41) is 0.520. The van der Waals surface area contributed by atoms with Gasteiger partial charge in [0, 0.05) is 28.7 Å². The van der Waals surface area contributed by atoms with Crippen LogP contribution in [-0.2, 0) is 5.41 Å². The summed E-state index contributed by atoms with van der Waals surface area (Å²) in [7, 11) is 0. The van der Waals surface area contributed by atoms with Crippen LogP contribution in [0, 0.1) is 0 Å². The van der Waals surface area contributed by atoms with Gasteiger partial charge in [-0.3, -0.25) is 0 Å². The molecular formula is C12H14BrN3OS. The van der Waals surface area contributed by atoms with Crippen molar-refractivity contribution in [3.63, 3.8) is 0 Å². The summed E-state index contributed by atoms with van der Waals surface area (Å²) in [6.45, 7) is 6.19. The maximum Gasteiger partial charge on any atom is 0.298 e. The number of ether oxygens (including phenoxy) is 1. The van der Waals surface area contributed by atoms with Crippen molar-refractivity contribution in [1.82, 2.24) is 9.36 Å². The number of anilines is 1. The predicted molar refractivity (Wildman–Crippen MR) is 77.2 cm³/mol. The average Bonchev–Trinajstić information content (AvgIpc) is 2.71. The van der Waals surface area contributed by atoms with Gasteiger partial charge >= 0.3 is 0 Å². The Kier molecular flexibility index (Phi) is 3.59. The summed E-state index contributed by atoms with van der Waals surface area (Å²) >= 11 is 4.65. The third kappa shape index (κ3) is 3.00. The zero-order chi connectivity index (χ0) is 13.3. The molecule has 18 heavy (non-hydrogen) atoms. The molecule has 2 rings (SSSR count). The standard InChI is InChI=1S/C12H14BrN3OS/c1-12(2,3)10-15-11(18-16-10)17-9-6-7(14)4-5-8(9)13/h4-6H,14H2,1-3H3. The van der Waals surface area contributed by atoms with Gasteiger partial charge in [-0.2, -0.15) is 9.36 Å². The maximum atomic E-state index is 5.72. The van der Waals surface area contributed by atoms with Crippen LogP contribution in [0.15, 0.2) is 22.7 Å². The van der Waals surface area contributed by atoms with Crippen molar-refractivity contribution in [2.45, 2.75) is 26.2 Å². The number of hydrogen-bond acceptors (Lipinski definition) is 5. The number of benzene rings is 1. The summed E-state index contributed by atoms with van der Waals surface area (Å²) in [6.07, 6.45) is 0. The first kappa shape index (κ1) is 13.3. The Bertz CT molecular complexity index is 563. The minimum atomic E-state index is -0.0783. The molecule has 0 amide bonds. The Labute approximate surface area is 118 Å². The fourth-order valence-electron chi connectivity index (χ4n) is 1.25. The van der Waals surface area contributed by atoms with Crippen LogP contribution in [0.1, 0.15) is 26.6 Å². The topological polar surface area (TPSA) is 61.0 Å². The van der Waals surface area contributed by atoms with Gasteiger partial charge in [0.15, 0.2) is 5.82 Å². The fourth-order valence-corrected chi connectivity index (χ4v) is 2.31. The second-order valence-electron chi connectivity index (χ2n) is 4.93. The van der Waals surface area contributed by atoms with E-state index in [-0.39, 0.29) is 5.41 Å². The van der Waals surface area contributed by atoms with Crippen molar-refractivity contribution in [2.24, 2.45) is 0 Å². The number of aromatic nitrogens is 2. The fraction of sp³-hybridized carbons (Fsp3) is 0.333. The van der Waals surface area contributed by atoms with Crippen LogP contribution in [0.25, 0.3) is 0 Å². The Morgan fingerprint density at radius 3 is 2.67 bits per heavy atom. The lowest BCUT2D eigenvalue weighted by atomic mass is 9.96. The second-order valence-corrected chi connectivity index (χ2v) is 6.49. The highest BCUT2D eigenvalue weighted by Crippen LogP contribution is 2.33. The van der Waals surface area contributed by atoms with Crippen molar-refractivity contribution in [2.75, 3.05) is 5.73 Å². The monoisotopic (exact) mass is 327 g/mol. The Balaban J connectivity index is 2.24. The first-order chi connectivity index (χ1) is 8.36. The molecule has 0 radical (unpaired) electrons. The Morgan fingerprint density at radius 1 is 1.33 bits per heavy atom. The molecule has 0 spiro atoms. The van der Waals surface area contributed by atoms with Crippen LogP contribution < -0.4 is 10.5 Å². The van der Waals surface area contributed by atoms with E-state index in [1.807, 2.05) is 6.07 Å². The molecule has 0 unspecified atom stereocenters. The van der Waals surface area contributed by atoms with E-state index in [9.17, 15) is 0 Å². The first-order valence-corrected chi connectivity index (χ1v) is 7.00. The van der Waals surface area contributed by atoms with Gasteiger partial charge in [0.25, 0.3) is 5.19 Å². The zero-order valence-corrected chi connectivity index (χ0v) is 12.8. The van der Waals surface area contributed by atoms with Crippen molar-refractivity contribution < 1.29 is 4.74 Å². The molecule has 1 aromatic heterocycles. The van der Waals surface area contributed by atoms with Gasteiger partial charge in [0.05, 0.1) is 4.47 Å². The Morgan fingerprint density at radius 2 is 2.06 bits per heavy atom. The van der Waals surface area contributed by atoms with E-state index in [0.29, 0.717) is 16.6 Å². The summed E-state index contributed by atoms with van der Waals surface area (Å²) in [5.74, 6) is 1.43. The van der Waals surface area contributed by atoms with Crippen LogP contribution in [0.4, 0.5) is 5.69 Å². The zero-order valence-electron chi connectivity index (χ0n) is 10.4. The summed E-state index contributed by atoms with van der Waals surface area (Å²) in [4.78, 5) is 4.37. The molecule has 0 saturated heterocycles. The van der Waals surface area contributed by atoms with E-state index in [1.165, 1.54) is 11.5 Å². The quantitative estimate of drug-likeness (QED) is 0.847. The van der Waals surface area contributed by atoms with E-state index in [4.69, 9.17) is 10.5 Å². The highest BCUT2D eigenvalue weighted by atomic mass is 79.9. The normalized spacial score (nSPS) is 11.6. The minimum Gasteiger partial charge on any atom is -0.429 e. The van der Waals surface area contributed by atoms with E-state index >= 15 is 0 Å². The van der Waals surface area contributed by atoms with Gasteiger partial charge < -0.3 is 10.5 Å². The molecule has 96 valence electrons. The molecule has 0 fully saturated rings. The molecule has 6 heteroatoms. The van der Waals surface area contributed by atoms with E-state index in [1.54, 1.807) is 12.1 Å². The summed E-state index contributed by atoms with van der Waals surface area (Å²) < 4.78 is 10.8. The molecule has 1 heterocycles. The lowest BCUT2D eigenvalue weighted by molar-refractivity contribution is 0.466. The number of hydrogen-bond donors (Lipinski definition) is 1. The molecule has 0 aliphatic heterocycles. The van der Waals surface area contributed by atoms with Crippen molar-refractivity contribution in [3.8, 4) is 10.9 Å². The molecule has 0 saturated carbocycles. The number of rotatable bonds is 2. The number of nitrogens with zero attached hydrogens (tertiary/aromatic N) is 2. The van der Waals surface area contributed by atoms with Crippen molar-refractivity contribution in [1.29, 1.82) is 0 Å². The van der Waals surface area contributed by atoms with Crippen LogP contribution >= 0.6 is 27.5 Å². The lowest BCUT2D eigenvalue weighted by Crippen LogP contribution is -2.12. The molecule has 2 N–H and O–H groups in total. The average molecular weight is 328 g/mol. The van der Waals surface area contributed by atoms with Gasteiger partial charge in [-0.05, 0) is 28.1 Å². The van der Waals surface area contributed by atoms with Crippen LogP contribution in [-0.4, -0.2) is 9.36 Å². The summed E-state index contributed by atoms with van der Waals surface area (Å²) in [6, 6.07) is 5.40. The smallest absolute Gasteiger partial charge is 0.298 e. The molecule has 4 nitrogen and oxygen atoms in total. The third-order valence-electron chi connectivity index (χ3n) is 2.23.